The highest BCUT2D eigenvalue weighted by molar-refractivity contribution is 5.89. The molecule has 1 aromatic carbocycles. The summed E-state index contributed by atoms with van der Waals surface area (Å²) in [5.74, 6) is 1.41. The number of carbonyl (C=O) groups is 1. The molecule has 2 rings (SSSR count). The van der Waals surface area contributed by atoms with Crippen LogP contribution < -0.4 is 21.3 Å². The Labute approximate surface area is 169 Å². The standard InChI is InChI=1S/C21H36N6O/c1-14(2)24-21(28)25-18-9-7-17(8-10-18)11-23-20(22-6)26-19-13-27(15(3)4)12-16(19)5/h7-10,14-16,19H,11-13H2,1-6H3,(H2,22,23,26)(H2,24,25,28). The van der Waals surface area contributed by atoms with Crippen LogP contribution in [0.3, 0.4) is 0 Å². The Kier molecular flexibility index (Phi) is 8.11. The van der Waals surface area contributed by atoms with E-state index in [2.05, 4.69) is 51.9 Å². The van der Waals surface area contributed by atoms with Crippen LogP contribution in [0.25, 0.3) is 0 Å². The summed E-state index contributed by atoms with van der Waals surface area (Å²) in [6.45, 7) is 13.5. The predicted molar refractivity (Wildman–Crippen MR) is 117 cm³/mol. The Hall–Kier alpha value is -2.28. The molecule has 156 valence electrons. The molecule has 1 saturated heterocycles. The topological polar surface area (TPSA) is 80.8 Å². The first-order valence-corrected chi connectivity index (χ1v) is 10.2. The maximum absolute atomic E-state index is 11.8. The van der Waals surface area contributed by atoms with E-state index in [4.69, 9.17) is 0 Å². The summed E-state index contributed by atoms with van der Waals surface area (Å²) >= 11 is 0. The van der Waals surface area contributed by atoms with Crippen LogP contribution in [0.5, 0.6) is 0 Å². The van der Waals surface area contributed by atoms with Gasteiger partial charge in [0, 0.05) is 50.5 Å². The minimum Gasteiger partial charge on any atom is -0.352 e. The average molecular weight is 389 g/mol. The number of guanidine groups is 1. The fourth-order valence-electron chi connectivity index (χ4n) is 3.31. The zero-order chi connectivity index (χ0) is 20.7. The quantitative estimate of drug-likeness (QED) is 0.446. The monoisotopic (exact) mass is 388 g/mol. The third kappa shape index (κ3) is 6.71. The zero-order valence-corrected chi connectivity index (χ0v) is 18.0. The van der Waals surface area contributed by atoms with Crippen molar-refractivity contribution < 1.29 is 4.79 Å². The van der Waals surface area contributed by atoms with Crippen molar-refractivity contribution in [1.29, 1.82) is 0 Å². The number of urea groups is 1. The first kappa shape index (κ1) is 22.0. The van der Waals surface area contributed by atoms with E-state index in [0.29, 0.717) is 24.5 Å². The summed E-state index contributed by atoms with van der Waals surface area (Å²) in [4.78, 5) is 18.6. The number of nitrogens with one attached hydrogen (secondary N) is 4. The van der Waals surface area contributed by atoms with Gasteiger partial charge < -0.3 is 21.3 Å². The molecule has 1 heterocycles. The molecule has 7 heteroatoms. The molecule has 0 spiro atoms. The molecule has 2 amide bonds. The van der Waals surface area contributed by atoms with Crippen LogP contribution in [0.2, 0.25) is 0 Å². The van der Waals surface area contributed by atoms with Gasteiger partial charge >= 0.3 is 6.03 Å². The van der Waals surface area contributed by atoms with Gasteiger partial charge in [-0.1, -0.05) is 19.1 Å². The number of rotatable bonds is 6. The molecular formula is C21H36N6O. The number of hydrogen-bond donors (Lipinski definition) is 4. The minimum absolute atomic E-state index is 0.109. The van der Waals surface area contributed by atoms with Crippen molar-refractivity contribution in [2.75, 3.05) is 25.5 Å². The van der Waals surface area contributed by atoms with E-state index in [0.717, 1.165) is 30.3 Å². The first-order chi connectivity index (χ1) is 13.3. The van der Waals surface area contributed by atoms with E-state index in [1.54, 1.807) is 7.05 Å². The molecule has 0 aliphatic carbocycles. The van der Waals surface area contributed by atoms with Gasteiger partial charge in [0.2, 0.25) is 0 Å². The van der Waals surface area contributed by atoms with Gasteiger partial charge in [0.05, 0.1) is 0 Å². The zero-order valence-electron chi connectivity index (χ0n) is 18.0. The SMILES string of the molecule is CN=C(NCc1ccc(NC(=O)NC(C)C)cc1)NC1CN(C(C)C)CC1C. The molecule has 28 heavy (non-hydrogen) atoms. The number of aliphatic imine (C=N–C) groups is 1. The highest BCUT2D eigenvalue weighted by Crippen LogP contribution is 2.18. The lowest BCUT2D eigenvalue weighted by Gasteiger charge is -2.22. The van der Waals surface area contributed by atoms with Crippen LogP contribution in [0.1, 0.15) is 40.2 Å². The number of nitrogens with zero attached hydrogens (tertiary/aromatic N) is 2. The highest BCUT2D eigenvalue weighted by atomic mass is 16.2. The van der Waals surface area contributed by atoms with E-state index >= 15 is 0 Å². The molecule has 7 nitrogen and oxygen atoms in total. The van der Waals surface area contributed by atoms with Crippen molar-refractivity contribution in [3.05, 3.63) is 29.8 Å². The van der Waals surface area contributed by atoms with Crippen LogP contribution in [-0.4, -0.2) is 55.2 Å². The Morgan fingerprint density at radius 3 is 2.39 bits per heavy atom. The Morgan fingerprint density at radius 1 is 1.18 bits per heavy atom. The summed E-state index contributed by atoms with van der Waals surface area (Å²) in [5.41, 5.74) is 1.90. The predicted octanol–water partition coefficient (Wildman–Crippen LogP) is 2.61. The van der Waals surface area contributed by atoms with Crippen molar-refractivity contribution in [1.82, 2.24) is 20.9 Å². The number of hydrogen-bond acceptors (Lipinski definition) is 3. The lowest BCUT2D eigenvalue weighted by atomic mass is 10.1. The van der Waals surface area contributed by atoms with Gasteiger partial charge in [-0.05, 0) is 51.3 Å². The van der Waals surface area contributed by atoms with Gasteiger partial charge in [-0.3, -0.25) is 9.89 Å². The molecule has 2 unspecified atom stereocenters. The largest absolute Gasteiger partial charge is 0.352 e. The second-order valence-corrected chi connectivity index (χ2v) is 8.15. The van der Waals surface area contributed by atoms with Crippen LogP contribution in [0, 0.1) is 5.92 Å². The molecule has 0 radical (unpaired) electrons. The van der Waals surface area contributed by atoms with E-state index in [9.17, 15) is 4.79 Å². The Bertz CT molecular complexity index is 655. The maximum Gasteiger partial charge on any atom is 0.319 e. The fraction of sp³-hybridized carbons (Fsp3) is 0.619. The summed E-state index contributed by atoms with van der Waals surface area (Å²) in [6.07, 6.45) is 0. The smallest absolute Gasteiger partial charge is 0.319 e. The number of likely N-dealkylation sites (tertiary alicyclic amines) is 1. The molecule has 0 bridgehead atoms. The van der Waals surface area contributed by atoms with E-state index in [1.165, 1.54) is 0 Å². The third-order valence-electron chi connectivity index (χ3n) is 5.01. The molecule has 1 aliphatic rings. The molecule has 2 atom stereocenters. The van der Waals surface area contributed by atoms with Gasteiger partial charge in [0.25, 0.3) is 0 Å². The Balaban J connectivity index is 1.82. The minimum atomic E-state index is -0.188. The van der Waals surface area contributed by atoms with Crippen molar-refractivity contribution >= 4 is 17.7 Å². The van der Waals surface area contributed by atoms with Crippen LogP contribution in [0.4, 0.5) is 10.5 Å². The molecular weight excluding hydrogens is 352 g/mol. The van der Waals surface area contributed by atoms with Gasteiger partial charge in [-0.15, -0.1) is 0 Å². The lowest BCUT2D eigenvalue weighted by Crippen LogP contribution is -2.46. The van der Waals surface area contributed by atoms with Crippen LogP contribution in [0.15, 0.2) is 29.3 Å². The van der Waals surface area contributed by atoms with Crippen molar-refractivity contribution in [2.45, 2.75) is 59.3 Å². The van der Waals surface area contributed by atoms with E-state index in [1.807, 2.05) is 38.1 Å². The molecule has 1 aliphatic heterocycles. The van der Waals surface area contributed by atoms with Gasteiger partial charge in [0.1, 0.15) is 0 Å². The van der Waals surface area contributed by atoms with Crippen LogP contribution >= 0.6 is 0 Å². The van der Waals surface area contributed by atoms with E-state index in [-0.39, 0.29) is 12.1 Å². The highest BCUT2D eigenvalue weighted by Gasteiger charge is 2.31. The third-order valence-corrected chi connectivity index (χ3v) is 5.01. The fourth-order valence-corrected chi connectivity index (χ4v) is 3.31. The second-order valence-electron chi connectivity index (χ2n) is 8.15. The number of anilines is 1. The van der Waals surface area contributed by atoms with Gasteiger partial charge in [0.15, 0.2) is 5.96 Å². The van der Waals surface area contributed by atoms with Crippen molar-refractivity contribution in [3.63, 3.8) is 0 Å². The van der Waals surface area contributed by atoms with Crippen molar-refractivity contribution in [2.24, 2.45) is 10.9 Å². The summed E-state index contributed by atoms with van der Waals surface area (Å²) in [5, 5.41) is 12.6. The molecule has 0 aromatic heterocycles. The first-order valence-electron chi connectivity index (χ1n) is 10.2. The lowest BCUT2D eigenvalue weighted by molar-refractivity contribution is 0.250. The molecule has 1 aromatic rings. The van der Waals surface area contributed by atoms with Gasteiger partial charge in [-0.25, -0.2) is 4.79 Å². The second kappa shape index (κ2) is 10.3. The molecule has 4 N–H and O–H groups in total. The van der Waals surface area contributed by atoms with Gasteiger partial charge in [-0.2, -0.15) is 0 Å². The number of carbonyl (C=O) groups excluding carboxylic acids is 1. The molecule has 0 saturated carbocycles. The normalized spacial score (nSPS) is 20.5. The average Bonchev–Trinajstić information content (AvgIpc) is 3.00. The molecule has 1 fully saturated rings. The Morgan fingerprint density at radius 2 is 1.86 bits per heavy atom. The van der Waals surface area contributed by atoms with Crippen LogP contribution in [-0.2, 0) is 6.54 Å². The van der Waals surface area contributed by atoms with Crippen molar-refractivity contribution in [3.8, 4) is 0 Å². The summed E-state index contributed by atoms with van der Waals surface area (Å²) < 4.78 is 0. The maximum atomic E-state index is 11.8. The van der Waals surface area contributed by atoms with E-state index < -0.39 is 0 Å². The summed E-state index contributed by atoms with van der Waals surface area (Å²) in [6, 6.07) is 8.72. The number of amides is 2. The number of benzene rings is 1. The summed E-state index contributed by atoms with van der Waals surface area (Å²) in [7, 11) is 1.80.